The highest BCUT2D eigenvalue weighted by atomic mass is 33.1. The Balaban J connectivity index is 4.23. The van der Waals surface area contributed by atoms with Crippen molar-refractivity contribution in [3.8, 4) is 0 Å². The topological polar surface area (TPSA) is 9.72 Å². The normalized spacial score (nSPS) is 12.5. The smallest absolute Gasteiger partial charge is 0.0212 e. The molecule has 0 saturated heterocycles. The Morgan fingerprint density at radius 1 is 1.33 bits per heavy atom. The van der Waals surface area contributed by atoms with Gasteiger partial charge in [0.25, 0.3) is 0 Å². The third-order valence-corrected chi connectivity index (χ3v) is 2.68. The largest absolute Gasteiger partial charge is 0.223 e. The maximum atomic E-state index is 4.20. The van der Waals surface area contributed by atoms with Gasteiger partial charge in [0, 0.05) is 37.7 Å². The third-order valence-electron chi connectivity index (χ3n) is 1.56. The summed E-state index contributed by atoms with van der Waals surface area (Å²) in [6.45, 7) is 7.47. The molecule has 12 heavy (non-hydrogen) atoms. The Bertz CT molecular complexity index is 105. The molecule has 0 atom stereocenters. The van der Waals surface area contributed by atoms with E-state index in [2.05, 4.69) is 37.4 Å². The van der Waals surface area contributed by atoms with Gasteiger partial charge >= 0.3 is 0 Å². The maximum Gasteiger partial charge on any atom is 0.0212 e. The highest BCUT2D eigenvalue weighted by Gasteiger charge is 2.18. The third kappa shape index (κ3) is 3.53. The summed E-state index contributed by atoms with van der Waals surface area (Å²) >= 11 is 4.20. The number of rotatable bonds is 5. The second kappa shape index (κ2) is 6.10. The van der Waals surface area contributed by atoms with Crippen molar-refractivity contribution in [3.63, 3.8) is 0 Å². The van der Waals surface area contributed by atoms with Gasteiger partial charge in [0.2, 0.25) is 0 Å². The molecule has 0 saturated carbocycles. The van der Waals surface area contributed by atoms with Crippen LogP contribution >= 0.6 is 22.6 Å². The zero-order valence-electron chi connectivity index (χ0n) is 8.48. The van der Waals surface area contributed by atoms with E-state index in [1.165, 1.54) is 11.0 Å². The molecule has 0 aliphatic rings. The van der Waals surface area contributed by atoms with Crippen molar-refractivity contribution >= 4 is 22.6 Å². The predicted octanol–water partition coefficient (Wildman–Crippen LogP) is 1.90. The molecule has 0 aromatic carbocycles. The lowest BCUT2D eigenvalue weighted by Gasteiger charge is -2.38. The Kier molecular flexibility index (Phi) is 6.39. The van der Waals surface area contributed by atoms with Gasteiger partial charge < -0.3 is 0 Å². The first-order valence-electron chi connectivity index (χ1n) is 4.10. The number of thiol groups is 1. The van der Waals surface area contributed by atoms with Gasteiger partial charge in [-0.3, -0.25) is 0 Å². The van der Waals surface area contributed by atoms with Crippen molar-refractivity contribution in [1.29, 1.82) is 0 Å². The summed E-state index contributed by atoms with van der Waals surface area (Å²) in [5, 5.41) is 4.25. The summed E-state index contributed by atoms with van der Waals surface area (Å²) in [6, 6.07) is 0.497. The van der Waals surface area contributed by atoms with Crippen LogP contribution in [-0.4, -0.2) is 41.2 Å². The average molecular weight is 209 g/mol. The van der Waals surface area contributed by atoms with Crippen LogP contribution in [0.5, 0.6) is 0 Å². The first-order valence-corrected chi connectivity index (χ1v) is 5.92. The Hall–Kier alpha value is 0.580. The average Bonchev–Trinajstić information content (AvgIpc) is 1.98. The summed E-state index contributed by atoms with van der Waals surface area (Å²) in [4.78, 5) is 0. The maximum absolute atomic E-state index is 4.20. The second-order valence-electron chi connectivity index (χ2n) is 3.03. The quantitative estimate of drug-likeness (QED) is 0.320. The van der Waals surface area contributed by atoms with Gasteiger partial charge in [0.15, 0.2) is 0 Å². The van der Waals surface area contributed by atoms with Crippen LogP contribution in [0.1, 0.15) is 20.8 Å². The fraction of sp³-hybridized carbons (Fsp3) is 1.00. The zero-order chi connectivity index (χ0) is 9.72. The Morgan fingerprint density at radius 3 is 1.92 bits per heavy atom. The molecule has 0 amide bonds. The minimum Gasteiger partial charge on any atom is -0.223 e. The van der Waals surface area contributed by atoms with Crippen LogP contribution in [0.2, 0.25) is 0 Å². The van der Waals surface area contributed by atoms with Crippen molar-refractivity contribution in [2.75, 3.05) is 20.6 Å². The molecule has 0 aromatic rings. The van der Waals surface area contributed by atoms with Crippen molar-refractivity contribution in [2.24, 2.45) is 0 Å². The molecule has 5 heteroatoms. The molecule has 0 heterocycles. The molecule has 0 N–H and O–H groups in total. The number of nitrogens with zero attached hydrogens (tertiary/aromatic N) is 3. The lowest BCUT2D eigenvalue weighted by atomic mass is 10.4. The van der Waals surface area contributed by atoms with Crippen LogP contribution < -0.4 is 0 Å². The molecule has 0 fully saturated rings. The molecule has 3 nitrogen and oxygen atoms in total. The molecule has 0 radical (unpaired) electrons. The van der Waals surface area contributed by atoms with E-state index in [9.17, 15) is 0 Å². The summed E-state index contributed by atoms with van der Waals surface area (Å²) in [5.41, 5.74) is 0. The van der Waals surface area contributed by atoms with E-state index in [1.807, 2.05) is 23.6 Å². The van der Waals surface area contributed by atoms with Crippen LogP contribution in [0, 0.1) is 0 Å². The van der Waals surface area contributed by atoms with Gasteiger partial charge in [-0.25, -0.2) is 10.0 Å². The highest BCUT2D eigenvalue weighted by Crippen LogP contribution is 2.19. The van der Waals surface area contributed by atoms with Gasteiger partial charge in [-0.05, 0) is 13.8 Å². The van der Waals surface area contributed by atoms with Gasteiger partial charge in [-0.2, -0.15) is 0 Å². The lowest BCUT2D eigenvalue weighted by Crippen LogP contribution is -2.48. The minimum atomic E-state index is 0.497. The van der Waals surface area contributed by atoms with E-state index in [4.69, 9.17) is 0 Å². The lowest BCUT2D eigenvalue weighted by molar-refractivity contribution is -0.0847. The summed E-state index contributed by atoms with van der Waals surface area (Å²) in [6.07, 6.45) is 0. The van der Waals surface area contributed by atoms with E-state index in [-0.39, 0.29) is 0 Å². The number of hydrogen-bond donors (Lipinski definition) is 1. The molecule has 0 spiro atoms. The Labute approximate surface area is 85.0 Å². The SMILES string of the molecule is CCN(C(C)C)N(SS)N(C)C. The zero-order valence-corrected chi connectivity index (χ0v) is 10.2. The van der Waals surface area contributed by atoms with Crippen LogP contribution in [0.25, 0.3) is 0 Å². The highest BCUT2D eigenvalue weighted by molar-refractivity contribution is 8.67. The minimum absolute atomic E-state index is 0.497. The molecule has 74 valence electrons. The summed E-state index contributed by atoms with van der Waals surface area (Å²) in [7, 11) is 5.44. The molecule has 0 aliphatic carbocycles. The standard InChI is InChI=1S/C7H19N3S2/c1-6-9(7(2)3)10(12-11)8(4)5/h7,11H,6H2,1-5H3. The number of hydrogen-bond acceptors (Lipinski definition) is 5. The Morgan fingerprint density at radius 2 is 1.83 bits per heavy atom. The first-order chi connectivity index (χ1) is 5.54. The van der Waals surface area contributed by atoms with Crippen molar-refractivity contribution < 1.29 is 0 Å². The van der Waals surface area contributed by atoms with Crippen LogP contribution in [0.4, 0.5) is 0 Å². The predicted molar refractivity (Wildman–Crippen MR) is 59.6 cm³/mol. The monoisotopic (exact) mass is 209 g/mol. The van der Waals surface area contributed by atoms with Crippen LogP contribution in [0.3, 0.4) is 0 Å². The number of hydrazine groups is 2. The van der Waals surface area contributed by atoms with Gasteiger partial charge in [-0.15, -0.1) is 4.52 Å². The van der Waals surface area contributed by atoms with Gasteiger partial charge in [-0.1, -0.05) is 18.6 Å². The van der Waals surface area contributed by atoms with Crippen LogP contribution in [-0.2, 0) is 0 Å². The van der Waals surface area contributed by atoms with E-state index < -0.39 is 0 Å². The first kappa shape index (κ1) is 12.6. The van der Waals surface area contributed by atoms with Crippen LogP contribution in [0.15, 0.2) is 0 Å². The fourth-order valence-electron chi connectivity index (χ4n) is 1.03. The van der Waals surface area contributed by atoms with Gasteiger partial charge in [0.05, 0.1) is 0 Å². The molecule has 0 rings (SSSR count). The van der Waals surface area contributed by atoms with Crippen molar-refractivity contribution in [3.05, 3.63) is 0 Å². The second-order valence-corrected chi connectivity index (χ2v) is 4.01. The molecule has 0 aliphatic heterocycles. The molecule has 0 unspecified atom stereocenters. The van der Waals surface area contributed by atoms with E-state index in [0.717, 1.165) is 6.54 Å². The van der Waals surface area contributed by atoms with E-state index in [1.54, 1.807) is 0 Å². The molecular weight excluding hydrogens is 190 g/mol. The molecule has 0 aromatic heterocycles. The van der Waals surface area contributed by atoms with E-state index >= 15 is 0 Å². The van der Waals surface area contributed by atoms with Crippen molar-refractivity contribution in [1.82, 2.24) is 14.5 Å². The fourth-order valence-corrected chi connectivity index (χ4v) is 2.30. The summed E-state index contributed by atoms with van der Waals surface area (Å²) < 4.78 is 2.04. The van der Waals surface area contributed by atoms with E-state index in [0.29, 0.717) is 6.04 Å². The summed E-state index contributed by atoms with van der Waals surface area (Å²) in [5.74, 6) is 0. The van der Waals surface area contributed by atoms with Gasteiger partial charge in [0.1, 0.15) is 0 Å². The van der Waals surface area contributed by atoms with Crippen molar-refractivity contribution in [2.45, 2.75) is 26.8 Å². The molecular formula is C7H19N3S2. The molecule has 0 bridgehead atoms.